The summed E-state index contributed by atoms with van der Waals surface area (Å²) in [6.45, 7) is 17.6. The van der Waals surface area contributed by atoms with Crippen LogP contribution in [0.4, 0.5) is 10.6 Å². The predicted molar refractivity (Wildman–Crippen MR) is 152 cm³/mol. The Morgan fingerprint density at radius 1 is 1.27 bits per heavy atom. The van der Waals surface area contributed by atoms with E-state index in [0.29, 0.717) is 59.4 Å². The van der Waals surface area contributed by atoms with E-state index < -0.39 is 5.60 Å². The number of ether oxygens (including phenoxy) is 2. The van der Waals surface area contributed by atoms with E-state index in [2.05, 4.69) is 25.8 Å². The van der Waals surface area contributed by atoms with Crippen LogP contribution in [0, 0.1) is 0 Å². The van der Waals surface area contributed by atoms with E-state index in [1.165, 1.54) is 0 Å². The van der Waals surface area contributed by atoms with Gasteiger partial charge >= 0.3 is 11.8 Å². The Morgan fingerprint density at radius 2 is 1.89 bits per heavy atom. The number of amides is 1. The molecule has 2 aromatic rings. The highest BCUT2D eigenvalue weighted by molar-refractivity contribution is 9.10. The fourth-order valence-electron chi connectivity index (χ4n) is 4.13. The Morgan fingerprint density at radius 3 is 2.46 bits per heavy atom. The van der Waals surface area contributed by atoms with Crippen LogP contribution in [0.3, 0.4) is 0 Å². The van der Waals surface area contributed by atoms with Crippen molar-refractivity contribution in [3.63, 3.8) is 0 Å². The summed E-state index contributed by atoms with van der Waals surface area (Å²) in [7, 11) is 0. The van der Waals surface area contributed by atoms with Gasteiger partial charge in [-0.1, -0.05) is 32.4 Å². The molecule has 208 valence electrons. The number of aliphatic hydroxyl groups is 1. The highest BCUT2D eigenvalue weighted by Gasteiger charge is 2.36. The third-order valence-electron chi connectivity index (χ3n) is 5.76. The lowest BCUT2D eigenvalue weighted by atomic mass is 10.1. The molecule has 1 aromatic heterocycles. The molecule has 0 bridgehead atoms. The quantitative estimate of drug-likeness (QED) is 0.487. The van der Waals surface area contributed by atoms with Crippen LogP contribution >= 0.6 is 27.5 Å². The van der Waals surface area contributed by atoms with Crippen LogP contribution in [0.1, 0.15) is 61.8 Å². The smallest absolute Gasteiger partial charge is 0.410 e. The SMILES string of the molecule is CC.CC1CN(C(=O)OC(C)(C)C)[C@H](C)CN1c1nc(=O)n2c3c(c(Br)c(Cl)cc13)OCC2.CCCO. The first kappa shape index (κ1) is 31.2. The number of rotatable bonds is 2. The van der Waals surface area contributed by atoms with Gasteiger partial charge in [-0.25, -0.2) is 9.59 Å². The van der Waals surface area contributed by atoms with Gasteiger partial charge in [0.15, 0.2) is 5.75 Å². The molecular weight excluding hydrogens is 564 g/mol. The van der Waals surface area contributed by atoms with Crippen molar-refractivity contribution in [3.8, 4) is 5.75 Å². The number of nitrogens with zero attached hydrogens (tertiary/aromatic N) is 4. The zero-order chi connectivity index (χ0) is 28.1. The lowest BCUT2D eigenvalue weighted by molar-refractivity contribution is 0.0130. The average molecular weight is 604 g/mol. The first-order chi connectivity index (χ1) is 17.4. The van der Waals surface area contributed by atoms with Crippen LogP contribution in [0.15, 0.2) is 15.3 Å². The first-order valence-corrected chi connectivity index (χ1v) is 14.0. The minimum Gasteiger partial charge on any atom is -0.488 e. The van der Waals surface area contributed by atoms with Crippen molar-refractivity contribution in [2.75, 3.05) is 31.2 Å². The molecule has 1 N–H and O–H groups in total. The summed E-state index contributed by atoms with van der Waals surface area (Å²) in [6, 6.07) is 1.61. The van der Waals surface area contributed by atoms with E-state index in [-0.39, 0.29) is 23.9 Å². The zero-order valence-corrected chi connectivity index (χ0v) is 25.4. The van der Waals surface area contributed by atoms with Crippen molar-refractivity contribution in [2.45, 2.75) is 86.0 Å². The average Bonchev–Trinajstić information content (AvgIpc) is 2.85. The van der Waals surface area contributed by atoms with Gasteiger partial charge in [0.2, 0.25) is 0 Å². The van der Waals surface area contributed by atoms with Crippen LogP contribution in [0.2, 0.25) is 5.02 Å². The molecule has 0 radical (unpaired) electrons. The molecule has 2 aliphatic rings. The molecule has 2 atom stereocenters. The summed E-state index contributed by atoms with van der Waals surface area (Å²) in [5.41, 5.74) is -0.198. The fraction of sp³-hybridized carbons (Fsp3) is 0.654. The van der Waals surface area contributed by atoms with Gasteiger partial charge in [0.25, 0.3) is 0 Å². The predicted octanol–water partition coefficient (Wildman–Crippen LogP) is 5.45. The second kappa shape index (κ2) is 13.2. The Kier molecular flexibility index (Phi) is 11.1. The highest BCUT2D eigenvalue weighted by Crippen LogP contribution is 2.43. The second-order valence-electron chi connectivity index (χ2n) is 9.82. The van der Waals surface area contributed by atoms with Gasteiger partial charge < -0.3 is 24.4 Å². The maximum absolute atomic E-state index is 12.9. The lowest BCUT2D eigenvalue weighted by Gasteiger charge is -2.45. The Bertz CT molecular complexity index is 1150. The van der Waals surface area contributed by atoms with E-state index in [1.54, 1.807) is 9.47 Å². The summed E-state index contributed by atoms with van der Waals surface area (Å²) in [6.07, 6.45) is 0.539. The van der Waals surface area contributed by atoms with Crippen LogP contribution in [0.25, 0.3) is 10.9 Å². The van der Waals surface area contributed by atoms with E-state index in [9.17, 15) is 9.59 Å². The largest absolute Gasteiger partial charge is 0.488 e. The molecule has 3 heterocycles. The molecular formula is C26H40BrClN4O5. The number of carbonyl (C=O) groups excluding carboxylic acids is 1. The molecule has 1 fully saturated rings. The number of carbonyl (C=O) groups is 1. The molecule has 0 saturated carbocycles. The minimum atomic E-state index is -0.562. The molecule has 1 aromatic carbocycles. The molecule has 1 saturated heterocycles. The lowest BCUT2D eigenvalue weighted by Crippen LogP contribution is -2.59. The van der Waals surface area contributed by atoms with Crippen molar-refractivity contribution in [2.24, 2.45) is 0 Å². The molecule has 1 amide bonds. The number of aliphatic hydroxyl groups excluding tert-OH is 1. The van der Waals surface area contributed by atoms with Gasteiger partial charge in [0.05, 0.1) is 16.0 Å². The van der Waals surface area contributed by atoms with Crippen molar-refractivity contribution in [1.29, 1.82) is 0 Å². The second-order valence-corrected chi connectivity index (χ2v) is 11.0. The van der Waals surface area contributed by atoms with E-state index in [0.717, 1.165) is 11.8 Å². The van der Waals surface area contributed by atoms with E-state index in [4.69, 9.17) is 26.2 Å². The molecule has 0 aliphatic carbocycles. The minimum absolute atomic E-state index is 0.0793. The summed E-state index contributed by atoms with van der Waals surface area (Å²) < 4.78 is 13.7. The molecule has 11 heteroatoms. The van der Waals surface area contributed by atoms with Gasteiger partial charge in [0, 0.05) is 37.2 Å². The maximum Gasteiger partial charge on any atom is 0.410 e. The van der Waals surface area contributed by atoms with E-state index in [1.807, 2.05) is 61.5 Å². The molecule has 4 rings (SSSR count). The van der Waals surface area contributed by atoms with Gasteiger partial charge in [-0.15, -0.1) is 0 Å². The number of anilines is 1. The normalized spacial score (nSPS) is 18.8. The Hall–Kier alpha value is -2.04. The van der Waals surface area contributed by atoms with Gasteiger partial charge in [-0.3, -0.25) is 4.57 Å². The maximum atomic E-state index is 12.9. The van der Waals surface area contributed by atoms with Crippen LogP contribution < -0.4 is 15.3 Å². The highest BCUT2D eigenvalue weighted by atomic mass is 79.9. The Balaban J connectivity index is 0.000000733. The topological polar surface area (TPSA) is 97.1 Å². The number of hydrogen-bond acceptors (Lipinski definition) is 7. The number of piperazine rings is 1. The summed E-state index contributed by atoms with van der Waals surface area (Å²) in [5.74, 6) is 1.11. The van der Waals surface area contributed by atoms with Crippen molar-refractivity contribution in [1.82, 2.24) is 14.5 Å². The van der Waals surface area contributed by atoms with Crippen molar-refractivity contribution < 1.29 is 19.4 Å². The third kappa shape index (κ3) is 7.09. The number of benzene rings is 1. The van der Waals surface area contributed by atoms with Crippen molar-refractivity contribution >= 4 is 50.3 Å². The molecule has 1 unspecified atom stereocenters. The number of hydrogen-bond donors (Lipinski definition) is 1. The molecule has 9 nitrogen and oxygen atoms in total. The van der Waals surface area contributed by atoms with Gasteiger partial charge in [-0.05, 0) is 63.0 Å². The molecule has 2 aliphatic heterocycles. The first-order valence-electron chi connectivity index (χ1n) is 12.8. The number of aromatic nitrogens is 2. The third-order valence-corrected chi connectivity index (χ3v) is 7.08. The molecule has 0 spiro atoms. The van der Waals surface area contributed by atoms with Gasteiger partial charge in [0.1, 0.15) is 23.5 Å². The van der Waals surface area contributed by atoms with Crippen molar-refractivity contribution in [3.05, 3.63) is 26.0 Å². The van der Waals surface area contributed by atoms with Gasteiger partial charge in [-0.2, -0.15) is 4.98 Å². The summed E-state index contributed by atoms with van der Waals surface area (Å²) >= 11 is 9.94. The Labute approximate surface area is 232 Å². The molecule has 37 heavy (non-hydrogen) atoms. The van der Waals surface area contributed by atoms with Crippen LogP contribution in [-0.4, -0.2) is 69.6 Å². The van der Waals surface area contributed by atoms with Crippen LogP contribution in [-0.2, 0) is 11.3 Å². The fourth-order valence-corrected chi connectivity index (χ4v) is 4.74. The van der Waals surface area contributed by atoms with Crippen LogP contribution in [0.5, 0.6) is 5.75 Å². The summed E-state index contributed by atoms with van der Waals surface area (Å²) in [5, 5.41) is 9.12. The number of halogens is 2. The zero-order valence-electron chi connectivity index (χ0n) is 23.1. The summed E-state index contributed by atoms with van der Waals surface area (Å²) in [4.78, 5) is 33.8. The van der Waals surface area contributed by atoms with E-state index >= 15 is 0 Å². The monoisotopic (exact) mass is 602 g/mol. The standard InChI is InChI=1S/C21H26BrClN4O4.C3H8O.C2H6/c1-11-10-27(20(29)31-21(3,4)5)12(2)9-26(11)18-13-8-14(23)15(22)17-16(13)25(6-7-30-17)19(28)24-18;1-2-3-4;1-2/h8,11-12H,6-7,9-10H2,1-5H3;4H,2-3H2,1H3;1-2H3/t11?,12-;;/m1../s1.